The third-order valence-electron chi connectivity index (χ3n) is 4.56. The summed E-state index contributed by atoms with van der Waals surface area (Å²) in [5.41, 5.74) is 5.57. The maximum Gasteiger partial charge on any atom is 0.221 e. The molecule has 3 nitrogen and oxygen atoms in total. The number of pyridine rings is 1. The number of nitrogens with zero attached hydrogens (tertiary/aromatic N) is 1. The lowest BCUT2D eigenvalue weighted by atomic mass is 9.95. The van der Waals surface area contributed by atoms with Gasteiger partial charge in [0.05, 0.1) is 10.8 Å². The molecule has 0 aliphatic carbocycles. The number of nitrogens with one attached hydrogen (secondary N) is 1. The Kier molecular flexibility index (Phi) is 3.69. The number of para-hydroxylation sites is 2. The standard InChI is InChI=1S/C22H18N2O/c1-15(25)23-17-13-11-16(12-14-17)22-18-7-3-5-9-20(18)24(2)21-10-6-4-8-19(21)22/h3-14H,1-2H3/p+1. The summed E-state index contributed by atoms with van der Waals surface area (Å²) >= 11 is 0. The largest absolute Gasteiger partial charge is 0.326 e. The zero-order valence-electron chi connectivity index (χ0n) is 14.3. The van der Waals surface area contributed by atoms with E-state index in [0.717, 1.165) is 11.3 Å². The topological polar surface area (TPSA) is 33.0 Å². The van der Waals surface area contributed by atoms with Gasteiger partial charge in [-0.25, -0.2) is 0 Å². The molecular formula is C22H19N2O+. The fraction of sp³-hybridized carbons (Fsp3) is 0.0909. The molecule has 1 N–H and O–H groups in total. The van der Waals surface area contributed by atoms with Gasteiger partial charge in [-0.1, -0.05) is 36.4 Å². The van der Waals surface area contributed by atoms with E-state index in [1.165, 1.54) is 34.3 Å². The summed E-state index contributed by atoms with van der Waals surface area (Å²) < 4.78 is 2.24. The molecule has 122 valence electrons. The smallest absolute Gasteiger partial charge is 0.221 e. The van der Waals surface area contributed by atoms with Crippen LogP contribution in [0.4, 0.5) is 5.69 Å². The van der Waals surface area contributed by atoms with Crippen LogP contribution in [0.2, 0.25) is 0 Å². The van der Waals surface area contributed by atoms with Gasteiger partial charge in [0.2, 0.25) is 16.9 Å². The van der Waals surface area contributed by atoms with Gasteiger partial charge in [-0.2, -0.15) is 4.57 Å². The van der Waals surface area contributed by atoms with Gasteiger partial charge in [0.25, 0.3) is 0 Å². The summed E-state index contributed by atoms with van der Waals surface area (Å²) in [6, 6.07) is 25.0. The van der Waals surface area contributed by atoms with Crippen LogP contribution < -0.4 is 9.88 Å². The van der Waals surface area contributed by atoms with E-state index in [0.29, 0.717) is 0 Å². The van der Waals surface area contributed by atoms with E-state index in [1.54, 1.807) is 0 Å². The molecule has 0 bridgehead atoms. The number of rotatable bonds is 2. The molecule has 4 aromatic rings. The summed E-state index contributed by atoms with van der Waals surface area (Å²) in [7, 11) is 2.11. The second-order valence-electron chi connectivity index (χ2n) is 6.23. The maximum atomic E-state index is 11.2. The molecule has 3 aromatic carbocycles. The molecule has 0 saturated heterocycles. The van der Waals surface area contributed by atoms with E-state index >= 15 is 0 Å². The third kappa shape index (κ3) is 2.64. The van der Waals surface area contributed by atoms with E-state index < -0.39 is 0 Å². The monoisotopic (exact) mass is 327 g/mol. The second-order valence-corrected chi connectivity index (χ2v) is 6.23. The Hall–Kier alpha value is -3.20. The molecule has 0 atom stereocenters. The molecule has 0 spiro atoms. The summed E-state index contributed by atoms with van der Waals surface area (Å²) in [6.45, 7) is 1.52. The molecule has 25 heavy (non-hydrogen) atoms. The van der Waals surface area contributed by atoms with Crippen LogP contribution in [0.5, 0.6) is 0 Å². The predicted molar refractivity (Wildman–Crippen MR) is 102 cm³/mol. The molecule has 1 heterocycles. The fourth-order valence-corrected chi connectivity index (χ4v) is 3.46. The Bertz CT molecular complexity index is 1040. The number of fused-ring (bicyclic) bond motifs is 2. The first kappa shape index (κ1) is 15.3. The fourth-order valence-electron chi connectivity index (χ4n) is 3.46. The second kappa shape index (κ2) is 6.02. The van der Waals surface area contributed by atoms with Gasteiger partial charge in [0, 0.05) is 30.3 Å². The first-order chi connectivity index (χ1) is 12.1. The zero-order chi connectivity index (χ0) is 17.4. The summed E-state index contributed by atoms with van der Waals surface area (Å²) in [4.78, 5) is 11.2. The van der Waals surface area contributed by atoms with Crippen molar-refractivity contribution in [1.29, 1.82) is 0 Å². The van der Waals surface area contributed by atoms with Crippen LogP contribution in [-0.4, -0.2) is 5.91 Å². The number of hydrogen-bond donors (Lipinski definition) is 1. The zero-order valence-corrected chi connectivity index (χ0v) is 14.3. The van der Waals surface area contributed by atoms with Crippen molar-refractivity contribution in [2.45, 2.75) is 6.92 Å². The Balaban J connectivity index is 2.02. The number of carbonyl (C=O) groups is 1. The normalized spacial score (nSPS) is 11.0. The van der Waals surface area contributed by atoms with Gasteiger partial charge < -0.3 is 5.32 Å². The Morgan fingerprint density at radius 1 is 0.800 bits per heavy atom. The molecule has 0 saturated carbocycles. The lowest BCUT2D eigenvalue weighted by molar-refractivity contribution is -0.617. The van der Waals surface area contributed by atoms with Crippen molar-refractivity contribution >= 4 is 33.4 Å². The molecule has 0 aliphatic rings. The Morgan fingerprint density at radius 2 is 1.32 bits per heavy atom. The van der Waals surface area contributed by atoms with Crippen molar-refractivity contribution in [3.63, 3.8) is 0 Å². The van der Waals surface area contributed by atoms with Crippen molar-refractivity contribution in [2.24, 2.45) is 7.05 Å². The number of amides is 1. The predicted octanol–water partition coefficient (Wildman–Crippen LogP) is 4.44. The summed E-state index contributed by atoms with van der Waals surface area (Å²) in [5, 5.41) is 5.26. The molecule has 1 amide bonds. The highest BCUT2D eigenvalue weighted by molar-refractivity contribution is 6.07. The highest BCUT2D eigenvalue weighted by Gasteiger charge is 2.18. The lowest BCUT2D eigenvalue weighted by Crippen LogP contribution is -2.30. The number of anilines is 1. The molecule has 1 aromatic heterocycles. The Morgan fingerprint density at radius 3 is 1.84 bits per heavy atom. The van der Waals surface area contributed by atoms with Crippen molar-refractivity contribution < 1.29 is 9.36 Å². The maximum absolute atomic E-state index is 11.2. The highest BCUT2D eigenvalue weighted by Crippen LogP contribution is 2.34. The first-order valence-electron chi connectivity index (χ1n) is 8.32. The minimum atomic E-state index is -0.0598. The lowest BCUT2D eigenvalue weighted by Gasteiger charge is -2.11. The van der Waals surface area contributed by atoms with Gasteiger partial charge in [0.1, 0.15) is 7.05 Å². The molecular weight excluding hydrogens is 308 g/mol. The van der Waals surface area contributed by atoms with Gasteiger partial charge >= 0.3 is 0 Å². The van der Waals surface area contributed by atoms with Crippen molar-refractivity contribution in [3.8, 4) is 11.1 Å². The first-order valence-corrected chi connectivity index (χ1v) is 8.32. The van der Waals surface area contributed by atoms with Crippen LogP contribution in [-0.2, 0) is 11.8 Å². The van der Waals surface area contributed by atoms with E-state index in [1.807, 2.05) is 12.1 Å². The van der Waals surface area contributed by atoms with Crippen LogP contribution in [0.1, 0.15) is 6.92 Å². The van der Waals surface area contributed by atoms with Crippen LogP contribution in [0.15, 0.2) is 72.8 Å². The average Bonchev–Trinajstić information content (AvgIpc) is 2.63. The van der Waals surface area contributed by atoms with Crippen LogP contribution in [0, 0.1) is 0 Å². The van der Waals surface area contributed by atoms with Crippen molar-refractivity contribution in [2.75, 3.05) is 5.32 Å². The van der Waals surface area contributed by atoms with E-state index in [9.17, 15) is 4.79 Å². The van der Waals surface area contributed by atoms with Crippen molar-refractivity contribution in [1.82, 2.24) is 0 Å². The number of aryl methyl sites for hydroxylation is 1. The molecule has 4 rings (SSSR count). The van der Waals surface area contributed by atoms with Crippen LogP contribution in [0.25, 0.3) is 32.9 Å². The number of aromatic nitrogens is 1. The van der Waals surface area contributed by atoms with Crippen LogP contribution >= 0.6 is 0 Å². The van der Waals surface area contributed by atoms with E-state index in [4.69, 9.17) is 0 Å². The van der Waals surface area contributed by atoms with E-state index in [-0.39, 0.29) is 5.91 Å². The molecule has 0 unspecified atom stereocenters. The molecule has 0 aliphatic heterocycles. The minimum absolute atomic E-state index is 0.0598. The molecule has 0 fully saturated rings. The average molecular weight is 327 g/mol. The van der Waals surface area contributed by atoms with Crippen molar-refractivity contribution in [3.05, 3.63) is 72.8 Å². The number of carbonyl (C=O) groups excluding carboxylic acids is 1. The summed E-state index contributed by atoms with van der Waals surface area (Å²) in [6.07, 6.45) is 0. The quantitative estimate of drug-likeness (QED) is 0.428. The number of hydrogen-bond acceptors (Lipinski definition) is 1. The van der Waals surface area contributed by atoms with Gasteiger partial charge in [-0.15, -0.1) is 0 Å². The van der Waals surface area contributed by atoms with E-state index in [2.05, 4.69) is 77.6 Å². The minimum Gasteiger partial charge on any atom is -0.326 e. The van der Waals surface area contributed by atoms with Crippen LogP contribution in [0.3, 0.4) is 0 Å². The van der Waals surface area contributed by atoms with Gasteiger partial charge in [0.15, 0.2) is 0 Å². The highest BCUT2D eigenvalue weighted by atomic mass is 16.1. The third-order valence-corrected chi connectivity index (χ3v) is 4.56. The molecule has 0 radical (unpaired) electrons. The van der Waals surface area contributed by atoms with Gasteiger partial charge in [-0.05, 0) is 29.8 Å². The summed E-state index contributed by atoms with van der Waals surface area (Å²) in [5.74, 6) is -0.0598. The molecule has 3 heteroatoms. The van der Waals surface area contributed by atoms with Gasteiger partial charge in [-0.3, -0.25) is 4.79 Å². The number of benzene rings is 3. The SMILES string of the molecule is CC(=O)Nc1ccc(-c2c3ccccc3[n+](C)c3ccccc23)cc1. The Labute approximate surface area is 146 Å².